The number of hydrogen-bond acceptors (Lipinski definition) is 4. The molecule has 0 aliphatic carbocycles. The van der Waals surface area contributed by atoms with E-state index < -0.39 is 17.8 Å². The molecule has 0 bridgehead atoms. The lowest BCUT2D eigenvalue weighted by Gasteiger charge is -2.32. The minimum Gasteiger partial charge on any atom is -0.272 e. The zero-order valence-electron chi connectivity index (χ0n) is 14.9. The van der Waals surface area contributed by atoms with Gasteiger partial charge in [0.1, 0.15) is 11.6 Å². The molecule has 1 atom stereocenters. The topological polar surface area (TPSA) is 68.8 Å². The van der Waals surface area contributed by atoms with Gasteiger partial charge in [-0.2, -0.15) is 10.4 Å². The van der Waals surface area contributed by atoms with Gasteiger partial charge >= 0.3 is 0 Å². The van der Waals surface area contributed by atoms with Gasteiger partial charge in [-0.1, -0.05) is 12.1 Å². The number of hydrazone groups is 1. The smallest absolute Gasteiger partial charge is 0.251 e. The molecule has 0 saturated carbocycles. The standard InChI is InChI=1S/C21H14F2N4O/c1-12-17(16-7-6-15(22)8-18(16)23)9-20-25-19(10-21(28)27(20)26-12)14-4-2-13(11-24)3-5-14/h2-9,20H,10H2,1H3. The molecule has 5 nitrogen and oxygen atoms in total. The van der Waals surface area contributed by atoms with Crippen LogP contribution in [0.2, 0.25) is 0 Å². The summed E-state index contributed by atoms with van der Waals surface area (Å²) in [6.07, 6.45) is 1.02. The molecule has 2 aromatic carbocycles. The molecule has 0 N–H and O–H groups in total. The summed E-state index contributed by atoms with van der Waals surface area (Å²) in [5.41, 5.74) is 2.95. The Morgan fingerprint density at radius 3 is 2.61 bits per heavy atom. The lowest BCUT2D eigenvalue weighted by molar-refractivity contribution is -0.131. The van der Waals surface area contributed by atoms with Crippen LogP contribution in [0.5, 0.6) is 0 Å². The summed E-state index contributed by atoms with van der Waals surface area (Å²) in [7, 11) is 0. The van der Waals surface area contributed by atoms with Crippen LogP contribution in [-0.2, 0) is 4.79 Å². The van der Waals surface area contributed by atoms with E-state index in [-0.39, 0.29) is 17.9 Å². The van der Waals surface area contributed by atoms with Gasteiger partial charge in [0.15, 0.2) is 6.17 Å². The minimum absolute atomic E-state index is 0.0766. The van der Waals surface area contributed by atoms with Gasteiger partial charge in [0, 0.05) is 17.2 Å². The molecule has 138 valence electrons. The summed E-state index contributed by atoms with van der Waals surface area (Å²) >= 11 is 0. The monoisotopic (exact) mass is 376 g/mol. The zero-order valence-corrected chi connectivity index (χ0v) is 14.9. The van der Waals surface area contributed by atoms with Crippen molar-refractivity contribution >= 4 is 22.9 Å². The zero-order chi connectivity index (χ0) is 19.8. The third-order valence-electron chi connectivity index (χ3n) is 4.64. The van der Waals surface area contributed by atoms with Crippen LogP contribution in [0.3, 0.4) is 0 Å². The lowest BCUT2D eigenvalue weighted by atomic mass is 9.97. The van der Waals surface area contributed by atoms with Gasteiger partial charge in [0.25, 0.3) is 5.91 Å². The van der Waals surface area contributed by atoms with E-state index in [4.69, 9.17) is 5.26 Å². The first-order valence-electron chi connectivity index (χ1n) is 8.58. The number of nitriles is 1. The number of amides is 1. The van der Waals surface area contributed by atoms with E-state index in [1.54, 1.807) is 37.3 Å². The van der Waals surface area contributed by atoms with Crippen LogP contribution >= 0.6 is 0 Å². The molecule has 7 heteroatoms. The van der Waals surface area contributed by atoms with Crippen LogP contribution < -0.4 is 0 Å². The fourth-order valence-electron chi connectivity index (χ4n) is 3.25. The maximum absolute atomic E-state index is 14.2. The van der Waals surface area contributed by atoms with Gasteiger partial charge in [-0.05, 0) is 42.8 Å². The number of carbonyl (C=O) groups excluding carboxylic acids is 1. The molecule has 0 aromatic heterocycles. The van der Waals surface area contributed by atoms with E-state index in [1.807, 2.05) is 6.07 Å². The maximum atomic E-state index is 14.2. The van der Waals surface area contributed by atoms with E-state index in [9.17, 15) is 13.6 Å². The van der Waals surface area contributed by atoms with Crippen molar-refractivity contribution in [2.75, 3.05) is 0 Å². The average Bonchev–Trinajstić information content (AvgIpc) is 2.68. The van der Waals surface area contributed by atoms with Crippen LogP contribution in [0.1, 0.15) is 30.0 Å². The van der Waals surface area contributed by atoms with Crippen molar-refractivity contribution < 1.29 is 13.6 Å². The van der Waals surface area contributed by atoms with Crippen molar-refractivity contribution in [3.05, 3.63) is 76.9 Å². The first kappa shape index (κ1) is 17.7. The lowest BCUT2D eigenvalue weighted by Crippen LogP contribution is -2.42. The number of allylic oxidation sites excluding steroid dienone is 1. The first-order valence-corrected chi connectivity index (χ1v) is 8.58. The summed E-state index contributed by atoms with van der Waals surface area (Å²) in [4.78, 5) is 17.2. The molecular weight excluding hydrogens is 362 g/mol. The predicted molar refractivity (Wildman–Crippen MR) is 100 cm³/mol. The molecule has 0 radical (unpaired) electrons. The molecule has 1 amide bonds. The van der Waals surface area contributed by atoms with E-state index in [1.165, 1.54) is 17.1 Å². The predicted octanol–water partition coefficient (Wildman–Crippen LogP) is 3.66. The molecule has 1 unspecified atom stereocenters. The van der Waals surface area contributed by atoms with Crippen LogP contribution in [0, 0.1) is 23.0 Å². The Balaban J connectivity index is 1.75. The van der Waals surface area contributed by atoms with E-state index >= 15 is 0 Å². The fourth-order valence-corrected chi connectivity index (χ4v) is 3.25. The second-order valence-electron chi connectivity index (χ2n) is 6.48. The van der Waals surface area contributed by atoms with Gasteiger partial charge in [0.2, 0.25) is 0 Å². The Hall–Kier alpha value is -3.66. The molecular formula is C21H14F2N4O. The van der Waals surface area contributed by atoms with E-state index in [0.29, 0.717) is 22.6 Å². The molecule has 2 heterocycles. The summed E-state index contributed by atoms with van der Waals surface area (Å²) in [5, 5.41) is 14.5. The maximum Gasteiger partial charge on any atom is 0.251 e. The number of rotatable bonds is 2. The summed E-state index contributed by atoms with van der Waals surface area (Å²) in [6, 6.07) is 12.2. The van der Waals surface area contributed by atoms with Crippen LogP contribution in [0.4, 0.5) is 8.78 Å². The highest BCUT2D eigenvalue weighted by molar-refractivity contribution is 6.24. The molecule has 0 saturated heterocycles. The molecule has 0 spiro atoms. The second-order valence-corrected chi connectivity index (χ2v) is 6.48. The number of hydrogen-bond donors (Lipinski definition) is 0. The molecule has 2 aromatic rings. The van der Waals surface area contributed by atoms with Crippen LogP contribution in [0.25, 0.3) is 5.57 Å². The normalized spacial score (nSPS) is 18.6. The molecule has 0 fully saturated rings. The summed E-state index contributed by atoms with van der Waals surface area (Å²) in [6.45, 7) is 1.66. The van der Waals surface area contributed by atoms with Gasteiger partial charge < -0.3 is 0 Å². The second kappa shape index (κ2) is 6.82. The van der Waals surface area contributed by atoms with Crippen LogP contribution in [-0.4, -0.2) is 28.5 Å². The summed E-state index contributed by atoms with van der Waals surface area (Å²) < 4.78 is 27.5. The molecule has 4 rings (SSSR count). The number of nitrogens with zero attached hydrogens (tertiary/aromatic N) is 4. The van der Waals surface area contributed by atoms with Gasteiger partial charge in [0.05, 0.1) is 29.5 Å². The van der Waals surface area contributed by atoms with E-state index in [2.05, 4.69) is 10.1 Å². The fraction of sp³-hybridized carbons (Fsp3) is 0.143. The molecule has 2 aliphatic rings. The van der Waals surface area contributed by atoms with Crippen molar-refractivity contribution in [1.29, 1.82) is 5.26 Å². The van der Waals surface area contributed by atoms with Crippen molar-refractivity contribution in [2.24, 2.45) is 10.1 Å². The quantitative estimate of drug-likeness (QED) is 0.803. The Morgan fingerprint density at radius 1 is 1.18 bits per heavy atom. The number of halogens is 2. The van der Waals surface area contributed by atoms with Crippen molar-refractivity contribution in [3.8, 4) is 6.07 Å². The van der Waals surface area contributed by atoms with Crippen LogP contribution in [0.15, 0.2) is 58.6 Å². The molecule has 28 heavy (non-hydrogen) atoms. The van der Waals surface area contributed by atoms with E-state index in [0.717, 1.165) is 11.6 Å². The molecule has 2 aliphatic heterocycles. The van der Waals surface area contributed by atoms with Gasteiger partial charge in [-0.15, -0.1) is 0 Å². The largest absolute Gasteiger partial charge is 0.272 e. The number of benzene rings is 2. The Kier molecular flexibility index (Phi) is 4.32. The number of fused-ring (bicyclic) bond motifs is 1. The Labute approximate surface area is 159 Å². The highest BCUT2D eigenvalue weighted by Crippen LogP contribution is 2.29. The first-order chi connectivity index (χ1) is 13.5. The SMILES string of the molecule is CC1=NN2C(=O)CC(c3ccc(C#N)cc3)=NC2C=C1c1ccc(F)cc1F. The Morgan fingerprint density at radius 2 is 1.93 bits per heavy atom. The highest BCUT2D eigenvalue weighted by atomic mass is 19.1. The third-order valence-corrected chi connectivity index (χ3v) is 4.64. The average molecular weight is 376 g/mol. The van der Waals surface area contributed by atoms with Crippen molar-refractivity contribution in [1.82, 2.24) is 5.01 Å². The summed E-state index contributed by atoms with van der Waals surface area (Å²) in [5.74, 6) is -1.59. The minimum atomic E-state index is -0.713. The Bertz CT molecular complexity index is 1110. The van der Waals surface area contributed by atoms with Crippen molar-refractivity contribution in [3.63, 3.8) is 0 Å². The van der Waals surface area contributed by atoms with Gasteiger partial charge in [-0.25, -0.2) is 13.8 Å². The third kappa shape index (κ3) is 3.09. The van der Waals surface area contributed by atoms with Crippen molar-refractivity contribution in [2.45, 2.75) is 19.5 Å². The number of aliphatic imine (C=N–C) groups is 1. The number of carbonyl (C=O) groups is 1. The van der Waals surface area contributed by atoms with Gasteiger partial charge in [-0.3, -0.25) is 9.79 Å². The highest BCUT2D eigenvalue weighted by Gasteiger charge is 2.33.